The van der Waals surface area contributed by atoms with E-state index in [-0.39, 0.29) is 25.7 Å². The summed E-state index contributed by atoms with van der Waals surface area (Å²) >= 11 is 0. The van der Waals surface area contributed by atoms with Crippen LogP contribution in [0.4, 0.5) is 0 Å². The molecular weight excluding hydrogens is 1160 g/mol. The number of hydrogen-bond acceptors (Lipinski definition) is 15. The minimum atomic E-state index is -4.95. The summed E-state index contributed by atoms with van der Waals surface area (Å²) < 4.78 is 68.2. The van der Waals surface area contributed by atoms with Gasteiger partial charge >= 0.3 is 39.5 Å². The van der Waals surface area contributed by atoms with E-state index in [9.17, 15) is 43.2 Å². The summed E-state index contributed by atoms with van der Waals surface area (Å²) in [7, 11) is -9.89. The van der Waals surface area contributed by atoms with E-state index in [1.54, 1.807) is 0 Å². The molecule has 0 bridgehead atoms. The third-order valence-corrected chi connectivity index (χ3v) is 18.0. The highest BCUT2D eigenvalue weighted by Crippen LogP contribution is 2.45. The summed E-state index contributed by atoms with van der Waals surface area (Å²) in [4.78, 5) is 72.4. The zero-order valence-corrected chi connectivity index (χ0v) is 58.5. The first-order valence-electron chi connectivity index (χ1n) is 36.3. The van der Waals surface area contributed by atoms with Gasteiger partial charge < -0.3 is 33.8 Å². The maximum absolute atomic E-state index is 13.0. The lowest BCUT2D eigenvalue weighted by Gasteiger charge is -2.21. The van der Waals surface area contributed by atoms with Gasteiger partial charge in [-0.15, -0.1) is 0 Å². The fourth-order valence-corrected chi connectivity index (χ4v) is 12.1. The molecule has 2 unspecified atom stereocenters. The molecular formula is C69H134O17P2. The predicted molar refractivity (Wildman–Crippen MR) is 354 cm³/mol. The van der Waals surface area contributed by atoms with Gasteiger partial charge in [-0.05, 0) is 25.7 Å². The fraction of sp³-hybridized carbons (Fsp3) is 0.942. The molecule has 3 N–H and O–H groups in total. The second-order valence-corrected chi connectivity index (χ2v) is 27.8. The van der Waals surface area contributed by atoms with Gasteiger partial charge in [-0.1, -0.05) is 310 Å². The molecule has 19 heteroatoms. The Morgan fingerprint density at radius 2 is 0.455 bits per heavy atom. The van der Waals surface area contributed by atoms with Crippen molar-refractivity contribution < 1.29 is 80.2 Å². The van der Waals surface area contributed by atoms with E-state index in [4.69, 9.17) is 37.0 Å². The van der Waals surface area contributed by atoms with Crippen LogP contribution in [0.25, 0.3) is 0 Å². The van der Waals surface area contributed by atoms with Crippen LogP contribution in [0.1, 0.15) is 362 Å². The van der Waals surface area contributed by atoms with Crippen molar-refractivity contribution in [2.24, 2.45) is 0 Å². The number of esters is 4. The first-order chi connectivity index (χ1) is 42.7. The first-order valence-corrected chi connectivity index (χ1v) is 39.3. The highest BCUT2D eigenvalue weighted by Gasteiger charge is 2.30. The number of rotatable bonds is 70. The van der Waals surface area contributed by atoms with Gasteiger partial charge in [0.1, 0.15) is 19.3 Å². The molecule has 0 aromatic heterocycles. The zero-order valence-electron chi connectivity index (χ0n) is 56.7. The molecule has 0 rings (SSSR count). The number of carbonyl (C=O) groups is 4. The number of aliphatic hydroxyl groups is 1. The Bertz CT molecular complexity index is 1690. The summed E-state index contributed by atoms with van der Waals surface area (Å²) in [5.41, 5.74) is 0. The molecule has 0 saturated carbocycles. The van der Waals surface area contributed by atoms with Crippen LogP contribution in [0, 0.1) is 0 Å². The minimum Gasteiger partial charge on any atom is -0.462 e. The Morgan fingerprint density at radius 3 is 0.670 bits per heavy atom. The molecule has 0 fully saturated rings. The third kappa shape index (κ3) is 62.8. The van der Waals surface area contributed by atoms with E-state index in [1.807, 2.05) is 0 Å². The number of phosphoric ester groups is 2. The van der Waals surface area contributed by atoms with E-state index in [0.717, 1.165) is 96.3 Å². The third-order valence-electron chi connectivity index (χ3n) is 16.1. The van der Waals surface area contributed by atoms with Gasteiger partial charge in [0.25, 0.3) is 0 Å². The number of hydrogen-bond donors (Lipinski definition) is 3. The van der Waals surface area contributed by atoms with Crippen LogP contribution in [-0.2, 0) is 65.4 Å². The van der Waals surface area contributed by atoms with Gasteiger partial charge in [0, 0.05) is 25.7 Å². The van der Waals surface area contributed by atoms with Gasteiger partial charge in [0.15, 0.2) is 12.2 Å². The van der Waals surface area contributed by atoms with Crippen molar-refractivity contribution in [1.82, 2.24) is 0 Å². The molecule has 5 atom stereocenters. The van der Waals surface area contributed by atoms with Crippen LogP contribution in [0.2, 0.25) is 0 Å². The van der Waals surface area contributed by atoms with Gasteiger partial charge in [-0.3, -0.25) is 37.3 Å². The lowest BCUT2D eigenvalue weighted by molar-refractivity contribution is -0.161. The smallest absolute Gasteiger partial charge is 0.462 e. The molecule has 0 amide bonds. The van der Waals surface area contributed by atoms with Crippen LogP contribution in [0.3, 0.4) is 0 Å². The minimum absolute atomic E-state index is 0.108. The molecule has 0 aliphatic heterocycles. The summed E-state index contributed by atoms with van der Waals surface area (Å²) in [6, 6.07) is 0. The number of ether oxygens (including phenoxy) is 4. The molecule has 0 aromatic carbocycles. The molecule has 0 spiro atoms. The van der Waals surface area contributed by atoms with Crippen molar-refractivity contribution in [1.29, 1.82) is 0 Å². The maximum Gasteiger partial charge on any atom is 0.472 e. The number of aliphatic hydroxyl groups excluding tert-OH is 1. The van der Waals surface area contributed by atoms with Crippen LogP contribution in [0.5, 0.6) is 0 Å². The fourth-order valence-electron chi connectivity index (χ4n) is 10.5. The SMILES string of the molecule is CCCCCCCCCCCCCCCCC(=O)O[C@H](COC(=O)CCCCCCCCCCCCCCC)COP(=O)(O)OC[C@@H](O)COP(=O)(O)OC[C@@H](COC(=O)CCCCCCCCCC)OC(=O)CCCCCCCCCCCCCCC. The predicted octanol–water partition coefficient (Wildman–Crippen LogP) is 19.9. The molecule has 17 nitrogen and oxygen atoms in total. The van der Waals surface area contributed by atoms with Crippen molar-refractivity contribution in [3.8, 4) is 0 Å². The van der Waals surface area contributed by atoms with Crippen molar-refractivity contribution >= 4 is 39.5 Å². The van der Waals surface area contributed by atoms with Gasteiger partial charge in [-0.25, -0.2) is 9.13 Å². The van der Waals surface area contributed by atoms with Gasteiger partial charge in [0.2, 0.25) is 0 Å². The van der Waals surface area contributed by atoms with Crippen LogP contribution >= 0.6 is 15.6 Å². The number of phosphoric acid groups is 2. The summed E-state index contributed by atoms with van der Waals surface area (Å²) in [6.07, 6.45) is 51.2. The molecule has 0 aliphatic rings. The summed E-state index contributed by atoms with van der Waals surface area (Å²) in [6.45, 7) is 4.92. The van der Waals surface area contributed by atoms with Crippen LogP contribution in [0.15, 0.2) is 0 Å². The Balaban J connectivity index is 5.22. The second kappa shape index (κ2) is 63.8. The molecule has 522 valence electrons. The molecule has 0 aliphatic carbocycles. The standard InChI is InChI=1S/C69H134O17P2/c1-5-9-13-17-21-25-28-31-34-37-40-44-48-52-56-69(74)86-65(60-80-67(72)54-50-46-42-38-35-32-29-26-22-18-14-10-6-2)62-84-88(77,78)82-58-63(70)57-81-87(75,76)83-61-64(59-79-66(71)53-49-45-41-24-20-16-12-8-4)85-68(73)55-51-47-43-39-36-33-30-27-23-19-15-11-7-3/h63-65,70H,5-62H2,1-4H3,(H,75,76)(H,77,78)/t63-,64+,65+/m0/s1. The average Bonchev–Trinajstić information content (AvgIpc) is 3.55. The van der Waals surface area contributed by atoms with Crippen LogP contribution < -0.4 is 0 Å². The number of carbonyl (C=O) groups excluding carboxylic acids is 4. The Labute approximate surface area is 537 Å². The zero-order chi connectivity index (χ0) is 64.7. The summed E-state index contributed by atoms with van der Waals surface area (Å²) in [5, 5.41) is 10.6. The molecule has 0 aromatic rings. The molecule has 0 radical (unpaired) electrons. The molecule has 0 saturated heterocycles. The van der Waals surface area contributed by atoms with Gasteiger partial charge in [0.05, 0.1) is 26.4 Å². The molecule has 0 heterocycles. The Morgan fingerprint density at radius 1 is 0.273 bits per heavy atom. The van der Waals surface area contributed by atoms with E-state index in [2.05, 4.69) is 27.7 Å². The van der Waals surface area contributed by atoms with Crippen molar-refractivity contribution in [3.63, 3.8) is 0 Å². The van der Waals surface area contributed by atoms with Crippen molar-refractivity contribution in [2.45, 2.75) is 380 Å². The van der Waals surface area contributed by atoms with E-state index in [1.165, 1.54) is 186 Å². The topological polar surface area (TPSA) is 237 Å². The van der Waals surface area contributed by atoms with E-state index in [0.29, 0.717) is 25.7 Å². The highest BCUT2D eigenvalue weighted by atomic mass is 31.2. The van der Waals surface area contributed by atoms with Crippen molar-refractivity contribution in [2.75, 3.05) is 39.6 Å². The average molecular weight is 1300 g/mol. The van der Waals surface area contributed by atoms with Crippen molar-refractivity contribution in [3.05, 3.63) is 0 Å². The Kier molecular flexibility index (Phi) is 62.4. The first kappa shape index (κ1) is 86.1. The number of unbranched alkanes of at least 4 members (excludes halogenated alkanes) is 44. The molecule has 88 heavy (non-hydrogen) atoms. The summed E-state index contributed by atoms with van der Waals surface area (Å²) in [5.74, 6) is -2.12. The lowest BCUT2D eigenvalue weighted by atomic mass is 10.0. The van der Waals surface area contributed by atoms with Gasteiger partial charge in [-0.2, -0.15) is 0 Å². The Hall–Kier alpha value is -1.94. The van der Waals surface area contributed by atoms with E-state index >= 15 is 0 Å². The monoisotopic (exact) mass is 1300 g/mol. The second-order valence-electron chi connectivity index (χ2n) is 24.9. The highest BCUT2D eigenvalue weighted by molar-refractivity contribution is 7.47. The lowest BCUT2D eigenvalue weighted by Crippen LogP contribution is -2.30. The van der Waals surface area contributed by atoms with Crippen LogP contribution in [-0.4, -0.2) is 96.7 Å². The largest absolute Gasteiger partial charge is 0.472 e. The normalized spacial score (nSPS) is 14.0. The van der Waals surface area contributed by atoms with E-state index < -0.39 is 97.5 Å². The quantitative estimate of drug-likeness (QED) is 0.0222. The maximum atomic E-state index is 13.0.